The molecule has 3 aromatic heterocycles. The maximum Gasteiger partial charge on any atom is 0.212 e. The minimum atomic E-state index is 0.365. The van der Waals surface area contributed by atoms with E-state index >= 15 is 0 Å². The summed E-state index contributed by atoms with van der Waals surface area (Å²) in [5.41, 5.74) is 2.15. The van der Waals surface area contributed by atoms with Crippen LogP contribution >= 0.6 is 22.7 Å². The van der Waals surface area contributed by atoms with Crippen molar-refractivity contribution < 1.29 is 0 Å². The number of thiophene rings is 1. The topological polar surface area (TPSA) is 67.4 Å². The number of rotatable bonds is 3. The average Bonchev–Trinajstić information content (AvgIpc) is 3.13. The van der Waals surface area contributed by atoms with E-state index in [2.05, 4.69) is 21.4 Å². The highest BCUT2D eigenvalue weighted by Gasteiger charge is 2.17. The van der Waals surface area contributed by atoms with Crippen molar-refractivity contribution in [2.45, 2.75) is 20.3 Å². The van der Waals surface area contributed by atoms with Gasteiger partial charge in [0.1, 0.15) is 6.07 Å². The molecule has 3 heterocycles. The lowest BCUT2D eigenvalue weighted by atomic mass is 10.2. The fourth-order valence-corrected chi connectivity index (χ4v) is 3.42. The molecule has 0 saturated heterocycles. The number of aromatic nitrogens is 4. The molecule has 3 rings (SSSR count). The molecule has 0 aliphatic heterocycles. The normalized spacial score (nSPS) is 10.7. The lowest BCUT2D eigenvalue weighted by Crippen LogP contribution is -2.03. The van der Waals surface area contributed by atoms with Gasteiger partial charge in [0.05, 0.1) is 11.4 Å². The lowest BCUT2D eigenvalue weighted by Gasteiger charge is -2.01. The van der Waals surface area contributed by atoms with Crippen LogP contribution in [-0.2, 0) is 6.42 Å². The monoisotopic (exact) mass is 301 g/mol. The minimum absolute atomic E-state index is 0.365. The van der Waals surface area contributed by atoms with Gasteiger partial charge in [0, 0.05) is 16.2 Å². The summed E-state index contributed by atoms with van der Waals surface area (Å²) in [7, 11) is 0. The standard InChI is InChI=1S/C13H11N5S2/c1-8-9(2)20-13(15-8)18-12(11(7-14)16-17-18)6-10-4-3-5-19-10/h3-5H,6H2,1-2H3. The Balaban J connectivity index is 2.07. The molecule has 0 fully saturated rings. The third kappa shape index (κ3) is 2.24. The van der Waals surface area contributed by atoms with E-state index in [1.54, 1.807) is 27.4 Å². The van der Waals surface area contributed by atoms with E-state index in [9.17, 15) is 5.26 Å². The third-order valence-electron chi connectivity index (χ3n) is 2.99. The van der Waals surface area contributed by atoms with Crippen molar-refractivity contribution in [1.29, 1.82) is 5.26 Å². The first-order valence-corrected chi connectivity index (χ1v) is 7.70. The van der Waals surface area contributed by atoms with Gasteiger partial charge >= 0.3 is 0 Å². The summed E-state index contributed by atoms with van der Waals surface area (Å²) in [5, 5.41) is 20.0. The molecule has 0 amide bonds. The summed E-state index contributed by atoms with van der Waals surface area (Å²) in [6.07, 6.45) is 0.644. The van der Waals surface area contributed by atoms with Gasteiger partial charge in [-0.1, -0.05) is 22.6 Å². The number of thiazole rings is 1. The van der Waals surface area contributed by atoms with Gasteiger partial charge in [-0.2, -0.15) is 9.94 Å². The van der Waals surface area contributed by atoms with Crippen LogP contribution in [0.5, 0.6) is 0 Å². The molecule has 0 spiro atoms. The number of hydrogen-bond donors (Lipinski definition) is 0. The second-order valence-electron chi connectivity index (χ2n) is 4.30. The molecule has 5 nitrogen and oxygen atoms in total. The highest BCUT2D eigenvalue weighted by Crippen LogP contribution is 2.24. The molecule has 0 bridgehead atoms. The number of nitrogens with zero attached hydrogens (tertiary/aromatic N) is 5. The van der Waals surface area contributed by atoms with Gasteiger partial charge in [-0.15, -0.1) is 16.4 Å². The van der Waals surface area contributed by atoms with Crippen LogP contribution in [0.3, 0.4) is 0 Å². The van der Waals surface area contributed by atoms with Gasteiger partial charge in [-0.25, -0.2) is 4.98 Å². The van der Waals surface area contributed by atoms with Crippen molar-refractivity contribution >= 4 is 22.7 Å². The van der Waals surface area contributed by atoms with Crippen LogP contribution in [0.15, 0.2) is 17.5 Å². The molecule has 20 heavy (non-hydrogen) atoms. The lowest BCUT2D eigenvalue weighted by molar-refractivity contribution is 0.766. The first-order valence-electron chi connectivity index (χ1n) is 6.00. The quantitative estimate of drug-likeness (QED) is 0.746. The zero-order valence-corrected chi connectivity index (χ0v) is 12.6. The molecule has 0 saturated carbocycles. The maximum atomic E-state index is 9.19. The minimum Gasteiger partial charge on any atom is -0.223 e. The molecule has 0 aromatic carbocycles. The van der Waals surface area contributed by atoms with E-state index in [4.69, 9.17) is 0 Å². The Morgan fingerprint density at radius 2 is 2.25 bits per heavy atom. The maximum absolute atomic E-state index is 9.19. The van der Waals surface area contributed by atoms with E-state index in [0.717, 1.165) is 21.4 Å². The first-order chi connectivity index (χ1) is 9.69. The SMILES string of the molecule is Cc1nc(-n2nnc(C#N)c2Cc2cccs2)sc1C. The van der Waals surface area contributed by atoms with Crippen LogP contribution in [0.25, 0.3) is 5.13 Å². The molecule has 0 radical (unpaired) electrons. The summed E-state index contributed by atoms with van der Waals surface area (Å²) < 4.78 is 1.68. The van der Waals surface area contributed by atoms with Crippen LogP contribution in [-0.4, -0.2) is 20.0 Å². The molecule has 3 aromatic rings. The fraction of sp³-hybridized carbons (Fsp3) is 0.231. The predicted octanol–water partition coefficient (Wildman–Crippen LogP) is 2.86. The van der Waals surface area contributed by atoms with E-state index in [1.165, 1.54) is 4.88 Å². The summed E-state index contributed by atoms with van der Waals surface area (Å²) in [5.74, 6) is 0. The zero-order valence-electron chi connectivity index (χ0n) is 11.0. The van der Waals surface area contributed by atoms with Crippen molar-refractivity contribution in [2.75, 3.05) is 0 Å². The second kappa shape index (κ2) is 5.15. The largest absolute Gasteiger partial charge is 0.223 e. The van der Waals surface area contributed by atoms with Crippen molar-refractivity contribution in [3.05, 3.63) is 44.3 Å². The third-order valence-corrected chi connectivity index (χ3v) is 4.91. The Labute approximate surface area is 124 Å². The fourth-order valence-electron chi connectivity index (χ4n) is 1.83. The predicted molar refractivity (Wildman–Crippen MR) is 78.3 cm³/mol. The molecule has 0 N–H and O–H groups in total. The Hall–Kier alpha value is -2.04. The van der Waals surface area contributed by atoms with Gasteiger partial charge in [0.2, 0.25) is 5.13 Å². The van der Waals surface area contributed by atoms with Crippen molar-refractivity contribution in [2.24, 2.45) is 0 Å². The van der Waals surface area contributed by atoms with E-state index < -0.39 is 0 Å². The number of hydrogen-bond acceptors (Lipinski definition) is 6. The summed E-state index contributed by atoms with van der Waals surface area (Å²) in [6.45, 7) is 3.99. The van der Waals surface area contributed by atoms with Gasteiger partial charge in [-0.05, 0) is 25.3 Å². The van der Waals surface area contributed by atoms with Gasteiger partial charge in [0.15, 0.2) is 5.69 Å². The Kier molecular flexibility index (Phi) is 3.34. The van der Waals surface area contributed by atoms with Crippen molar-refractivity contribution in [3.8, 4) is 11.2 Å². The van der Waals surface area contributed by atoms with E-state index in [1.807, 2.05) is 31.4 Å². The Bertz CT molecular complexity index is 757. The van der Waals surface area contributed by atoms with Gasteiger partial charge < -0.3 is 0 Å². The van der Waals surface area contributed by atoms with Crippen LogP contribution in [0.2, 0.25) is 0 Å². The van der Waals surface area contributed by atoms with E-state index in [-0.39, 0.29) is 0 Å². The van der Waals surface area contributed by atoms with Crippen LogP contribution in [0.1, 0.15) is 26.8 Å². The van der Waals surface area contributed by atoms with Crippen LogP contribution in [0, 0.1) is 25.2 Å². The number of nitriles is 1. The highest BCUT2D eigenvalue weighted by atomic mass is 32.1. The van der Waals surface area contributed by atoms with E-state index in [0.29, 0.717) is 12.1 Å². The smallest absolute Gasteiger partial charge is 0.212 e. The zero-order chi connectivity index (χ0) is 14.1. The highest BCUT2D eigenvalue weighted by molar-refractivity contribution is 7.14. The summed E-state index contributed by atoms with van der Waals surface area (Å²) in [4.78, 5) is 6.82. The summed E-state index contributed by atoms with van der Waals surface area (Å²) >= 11 is 3.22. The van der Waals surface area contributed by atoms with Crippen molar-refractivity contribution in [1.82, 2.24) is 20.0 Å². The molecule has 0 unspecified atom stereocenters. The molecule has 0 aliphatic rings. The molecule has 100 valence electrons. The molecule has 0 atom stereocenters. The summed E-state index contributed by atoms with van der Waals surface area (Å²) in [6, 6.07) is 6.15. The molecular weight excluding hydrogens is 290 g/mol. The molecule has 0 aliphatic carbocycles. The molecular formula is C13H11N5S2. The van der Waals surface area contributed by atoms with Crippen molar-refractivity contribution in [3.63, 3.8) is 0 Å². The van der Waals surface area contributed by atoms with Gasteiger partial charge in [0.25, 0.3) is 0 Å². The average molecular weight is 301 g/mol. The Morgan fingerprint density at radius 3 is 2.85 bits per heavy atom. The Morgan fingerprint density at radius 1 is 1.40 bits per heavy atom. The van der Waals surface area contributed by atoms with Gasteiger partial charge in [-0.3, -0.25) is 0 Å². The molecule has 7 heteroatoms. The van der Waals surface area contributed by atoms with Crippen LogP contribution in [0.4, 0.5) is 0 Å². The number of aryl methyl sites for hydroxylation is 2. The first kappa shape index (κ1) is 13.0. The second-order valence-corrected chi connectivity index (χ2v) is 6.52. The van der Waals surface area contributed by atoms with Crippen LogP contribution < -0.4 is 0 Å².